The predicted molar refractivity (Wildman–Crippen MR) is 79.5 cm³/mol. The smallest absolute Gasteiger partial charge is 0.240 e. The lowest BCUT2D eigenvalue weighted by atomic mass is 10.2. The first-order valence-electron chi connectivity index (χ1n) is 6.84. The minimum absolute atomic E-state index is 0.154. The van der Waals surface area contributed by atoms with E-state index < -0.39 is 10.0 Å². The van der Waals surface area contributed by atoms with E-state index in [4.69, 9.17) is 9.84 Å². The van der Waals surface area contributed by atoms with Gasteiger partial charge in [-0.1, -0.05) is 24.7 Å². The van der Waals surface area contributed by atoms with E-state index in [1.807, 2.05) is 0 Å². The summed E-state index contributed by atoms with van der Waals surface area (Å²) in [7, 11) is -2.05. The molecule has 0 aromatic heterocycles. The van der Waals surface area contributed by atoms with E-state index in [2.05, 4.69) is 16.6 Å². The van der Waals surface area contributed by atoms with Gasteiger partial charge >= 0.3 is 0 Å². The van der Waals surface area contributed by atoms with Crippen LogP contribution in [0.3, 0.4) is 0 Å². The number of ether oxygens (including phenoxy) is 1. The summed E-state index contributed by atoms with van der Waals surface area (Å²) in [6.07, 6.45) is 3.28. The van der Waals surface area contributed by atoms with Gasteiger partial charge in [0.25, 0.3) is 0 Å². The maximum atomic E-state index is 12.2. The minimum atomic E-state index is -3.54. The molecular weight excluding hydrogens is 290 g/mol. The summed E-state index contributed by atoms with van der Waals surface area (Å²) in [5.41, 5.74) is 0.441. The SMILES string of the molecule is COc1ccc(S(=O)(=O)NCCC2CC2)cc1C#CCO. The number of aliphatic hydroxyl groups is 1. The molecule has 2 N–H and O–H groups in total. The van der Waals surface area contributed by atoms with Crippen LogP contribution in [-0.4, -0.2) is 33.8 Å². The molecule has 1 aromatic carbocycles. The molecule has 0 amide bonds. The summed E-state index contributed by atoms with van der Waals surface area (Å²) in [6.45, 7) is 0.163. The van der Waals surface area contributed by atoms with Crippen LogP contribution in [0.2, 0.25) is 0 Å². The topological polar surface area (TPSA) is 75.6 Å². The Hall–Kier alpha value is -1.55. The Balaban J connectivity index is 2.16. The van der Waals surface area contributed by atoms with Crippen LogP contribution in [0.4, 0.5) is 0 Å². The number of nitrogens with one attached hydrogen (secondary N) is 1. The fraction of sp³-hybridized carbons (Fsp3) is 0.467. The van der Waals surface area contributed by atoms with Crippen LogP contribution < -0.4 is 9.46 Å². The van der Waals surface area contributed by atoms with E-state index in [0.717, 1.165) is 6.42 Å². The number of aliphatic hydroxyl groups excluding tert-OH is 1. The van der Waals surface area contributed by atoms with Crippen molar-refractivity contribution in [1.82, 2.24) is 4.72 Å². The highest BCUT2D eigenvalue weighted by Crippen LogP contribution is 2.31. The van der Waals surface area contributed by atoms with Crippen molar-refractivity contribution in [2.75, 3.05) is 20.3 Å². The van der Waals surface area contributed by atoms with Gasteiger partial charge in [-0.15, -0.1) is 0 Å². The molecule has 1 aliphatic carbocycles. The fourth-order valence-electron chi connectivity index (χ4n) is 1.97. The Labute approximate surface area is 125 Å². The van der Waals surface area contributed by atoms with E-state index >= 15 is 0 Å². The summed E-state index contributed by atoms with van der Waals surface area (Å²) in [5, 5.41) is 8.75. The molecule has 0 radical (unpaired) electrons. The number of benzene rings is 1. The third kappa shape index (κ3) is 4.46. The van der Waals surface area contributed by atoms with Crippen LogP contribution in [0, 0.1) is 17.8 Å². The zero-order valence-electron chi connectivity index (χ0n) is 11.9. The molecule has 0 atom stereocenters. The molecule has 2 rings (SSSR count). The Kier molecular flexibility index (Phi) is 5.23. The van der Waals surface area contributed by atoms with Crippen molar-refractivity contribution in [2.24, 2.45) is 5.92 Å². The van der Waals surface area contributed by atoms with Gasteiger partial charge in [0, 0.05) is 6.54 Å². The molecule has 0 unspecified atom stereocenters. The van der Waals surface area contributed by atoms with Crippen molar-refractivity contribution in [1.29, 1.82) is 0 Å². The van der Waals surface area contributed by atoms with E-state index in [1.54, 1.807) is 6.07 Å². The van der Waals surface area contributed by atoms with Gasteiger partial charge in [0.2, 0.25) is 10.0 Å². The molecule has 21 heavy (non-hydrogen) atoms. The van der Waals surface area contributed by atoms with Crippen LogP contribution in [0.25, 0.3) is 0 Å². The lowest BCUT2D eigenvalue weighted by Crippen LogP contribution is -2.25. The number of rotatable bonds is 6. The summed E-state index contributed by atoms with van der Waals surface area (Å²) in [4.78, 5) is 0.154. The van der Waals surface area contributed by atoms with Crippen molar-refractivity contribution in [2.45, 2.75) is 24.2 Å². The molecule has 6 heteroatoms. The highest BCUT2D eigenvalue weighted by molar-refractivity contribution is 7.89. The number of sulfonamides is 1. The summed E-state index contributed by atoms with van der Waals surface area (Å²) in [5.74, 6) is 6.34. The lowest BCUT2D eigenvalue weighted by Gasteiger charge is -2.09. The normalized spacial score (nSPS) is 14.4. The van der Waals surface area contributed by atoms with Gasteiger partial charge in [0.1, 0.15) is 12.4 Å². The molecule has 5 nitrogen and oxygen atoms in total. The standard InChI is InChI=1S/C15H19NO4S/c1-20-15-7-6-14(11-13(15)3-2-10-17)21(18,19)16-9-8-12-4-5-12/h6-7,11-12,16-17H,4-5,8-10H2,1H3. The van der Waals surface area contributed by atoms with Gasteiger partial charge in [0.15, 0.2) is 0 Å². The summed E-state index contributed by atoms with van der Waals surface area (Å²) < 4.78 is 32.2. The second kappa shape index (κ2) is 6.94. The molecule has 0 heterocycles. The molecule has 1 aromatic rings. The summed E-state index contributed by atoms with van der Waals surface area (Å²) >= 11 is 0. The molecule has 0 aliphatic heterocycles. The van der Waals surface area contributed by atoms with E-state index in [0.29, 0.717) is 23.8 Å². The Morgan fingerprint density at radius 3 is 2.81 bits per heavy atom. The second-order valence-corrected chi connectivity index (χ2v) is 6.72. The first-order chi connectivity index (χ1) is 10.1. The molecule has 1 fully saturated rings. The van der Waals surface area contributed by atoms with Crippen LogP contribution in [-0.2, 0) is 10.0 Å². The van der Waals surface area contributed by atoms with Crippen molar-refractivity contribution < 1.29 is 18.3 Å². The third-order valence-corrected chi connectivity index (χ3v) is 4.78. The van der Waals surface area contributed by atoms with Crippen molar-refractivity contribution in [3.8, 4) is 17.6 Å². The Bertz CT molecular complexity index is 654. The second-order valence-electron chi connectivity index (χ2n) is 4.95. The predicted octanol–water partition coefficient (Wildman–Crippen LogP) is 1.12. The Morgan fingerprint density at radius 2 is 2.19 bits per heavy atom. The van der Waals surface area contributed by atoms with Gasteiger partial charge in [-0.2, -0.15) is 0 Å². The van der Waals surface area contributed by atoms with Crippen LogP contribution in [0.5, 0.6) is 5.75 Å². The maximum Gasteiger partial charge on any atom is 0.240 e. The Morgan fingerprint density at radius 1 is 1.43 bits per heavy atom. The molecule has 1 saturated carbocycles. The highest BCUT2D eigenvalue weighted by atomic mass is 32.2. The lowest BCUT2D eigenvalue weighted by molar-refractivity contribution is 0.350. The van der Waals surface area contributed by atoms with Gasteiger partial charge in [-0.3, -0.25) is 0 Å². The highest BCUT2D eigenvalue weighted by Gasteiger charge is 2.22. The van der Waals surface area contributed by atoms with Crippen molar-refractivity contribution >= 4 is 10.0 Å². The van der Waals surface area contributed by atoms with Gasteiger partial charge < -0.3 is 9.84 Å². The molecule has 0 saturated heterocycles. The molecular formula is C15H19NO4S. The average molecular weight is 309 g/mol. The van der Waals surface area contributed by atoms with Crippen molar-refractivity contribution in [3.05, 3.63) is 23.8 Å². The van der Waals surface area contributed by atoms with Gasteiger partial charge in [-0.05, 0) is 30.5 Å². The van der Waals surface area contributed by atoms with Gasteiger partial charge in [-0.25, -0.2) is 13.1 Å². The zero-order valence-corrected chi connectivity index (χ0v) is 12.7. The molecule has 1 aliphatic rings. The van der Waals surface area contributed by atoms with E-state index in [9.17, 15) is 8.42 Å². The number of hydrogen-bond donors (Lipinski definition) is 2. The van der Waals surface area contributed by atoms with Crippen LogP contribution in [0.1, 0.15) is 24.8 Å². The van der Waals surface area contributed by atoms with Crippen molar-refractivity contribution in [3.63, 3.8) is 0 Å². The third-order valence-electron chi connectivity index (χ3n) is 3.32. The van der Waals surface area contributed by atoms with Crippen LogP contribution >= 0.6 is 0 Å². The quantitative estimate of drug-likeness (QED) is 0.772. The first-order valence-corrected chi connectivity index (χ1v) is 8.32. The van der Waals surface area contributed by atoms with Crippen LogP contribution in [0.15, 0.2) is 23.1 Å². The van der Waals surface area contributed by atoms with E-state index in [1.165, 1.54) is 32.1 Å². The fourth-order valence-corrected chi connectivity index (χ4v) is 3.05. The number of hydrogen-bond acceptors (Lipinski definition) is 4. The van der Waals surface area contributed by atoms with E-state index in [-0.39, 0.29) is 11.5 Å². The average Bonchev–Trinajstić information content (AvgIpc) is 3.28. The molecule has 114 valence electrons. The monoisotopic (exact) mass is 309 g/mol. The zero-order chi connectivity index (χ0) is 15.3. The molecule has 0 bridgehead atoms. The summed E-state index contributed by atoms with van der Waals surface area (Å²) in [6, 6.07) is 4.51. The maximum absolute atomic E-state index is 12.2. The largest absolute Gasteiger partial charge is 0.495 e. The minimum Gasteiger partial charge on any atom is -0.495 e. The van der Waals surface area contributed by atoms with Gasteiger partial charge in [0.05, 0.1) is 17.6 Å². The molecule has 0 spiro atoms. The first kappa shape index (κ1) is 15.8. The number of methoxy groups -OCH3 is 1.